The van der Waals surface area contributed by atoms with E-state index in [9.17, 15) is 19.7 Å². The van der Waals surface area contributed by atoms with Gasteiger partial charge in [0.2, 0.25) is 0 Å². The number of hydrogen-bond acceptors (Lipinski definition) is 6. The summed E-state index contributed by atoms with van der Waals surface area (Å²) in [6, 6.07) is 11.0. The third-order valence-electron chi connectivity index (χ3n) is 3.58. The van der Waals surface area contributed by atoms with Crippen LogP contribution in [0.3, 0.4) is 0 Å². The van der Waals surface area contributed by atoms with Crippen molar-refractivity contribution in [2.45, 2.75) is 6.92 Å². The molecule has 0 aliphatic rings. The van der Waals surface area contributed by atoms with Gasteiger partial charge in [-0.2, -0.15) is 0 Å². The van der Waals surface area contributed by atoms with Crippen LogP contribution >= 0.6 is 0 Å². The summed E-state index contributed by atoms with van der Waals surface area (Å²) in [6.45, 7) is 1.44. The molecule has 0 amide bonds. The van der Waals surface area contributed by atoms with Crippen molar-refractivity contribution < 1.29 is 24.0 Å². The summed E-state index contributed by atoms with van der Waals surface area (Å²) in [5.41, 5.74) is 1.55. The molecule has 26 heavy (non-hydrogen) atoms. The highest BCUT2D eigenvalue weighted by molar-refractivity contribution is 6.06. The molecule has 0 radical (unpaired) electrons. The molecule has 0 aromatic heterocycles. The van der Waals surface area contributed by atoms with E-state index in [1.807, 2.05) is 0 Å². The zero-order valence-electron chi connectivity index (χ0n) is 14.3. The molecule has 2 rings (SSSR count). The molecule has 0 unspecified atom stereocenters. The summed E-state index contributed by atoms with van der Waals surface area (Å²) in [7, 11) is 1.27. The maximum Gasteiger partial charge on any atom is 0.343 e. The second-order valence-corrected chi connectivity index (χ2v) is 5.39. The second-order valence-electron chi connectivity index (χ2n) is 5.39. The van der Waals surface area contributed by atoms with Gasteiger partial charge in [-0.05, 0) is 42.8 Å². The fraction of sp³-hybridized carbons (Fsp3) is 0.158. The highest BCUT2D eigenvalue weighted by atomic mass is 16.6. The fourth-order valence-corrected chi connectivity index (χ4v) is 2.11. The van der Waals surface area contributed by atoms with E-state index < -0.39 is 10.9 Å². The predicted octanol–water partition coefficient (Wildman–Crippen LogP) is 3.35. The lowest BCUT2D eigenvalue weighted by molar-refractivity contribution is -0.385. The Labute approximate surface area is 150 Å². The molecule has 0 bridgehead atoms. The van der Waals surface area contributed by atoms with Crippen LogP contribution in [0.25, 0.3) is 6.08 Å². The molecule has 0 saturated heterocycles. The van der Waals surface area contributed by atoms with E-state index in [0.717, 1.165) is 0 Å². The van der Waals surface area contributed by atoms with E-state index in [-0.39, 0.29) is 18.1 Å². The minimum atomic E-state index is -0.500. The van der Waals surface area contributed by atoms with Crippen LogP contribution in [0.15, 0.2) is 48.5 Å². The van der Waals surface area contributed by atoms with Gasteiger partial charge in [-0.3, -0.25) is 14.9 Å². The Morgan fingerprint density at radius 1 is 1.15 bits per heavy atom. The van der Waals surface area contributed by atoms with Crippen molar-refractivity contribution in [3.05, 3.63) is 75.3 Å². The van der Waals surface area contributed by atoms with Crippen LogP contribution in [-0.2, 0) is 9.53 Å². The van der Waals surface area contributed by atoms with Crippen LogP contribution in [0, 0.1) is 17.0 Å². The van der Waals surface area contributed by atoms with E-state index in [4.69, 9.17) is 4.74 Å². The zero-order chi connectivity index (χ0) is 19.1. The van der Waals surface area contributed by atoms with Gasteiger partial charge < -0.3 is 9.47 Å². The van der Waals surface area contributed by atoms with Gasteiger partial charge in [0, 0.05) is 17.2 Å². The normalized spacial score (nSPS) is 10.5. The van der Waals surface area contributed by atoms with E-state index >= 15 is 0 Å². The molecule has 7 heteroatoms. The largest absolute Gasteiger partial charge is 0.482 e. The first-order valence-corrected chi connectivity index (χ1v) is 7.68. The third-order valence-corrected chi connectivity index (χ3v) is 3.58. The number of hydrogen-bond donors (Lipinski definition) is 0. The molecule has 0 aliphatic carbocycles. The highest BCUT2D eigenvalue weighted by Gasteiger charge is 2.10. The maximum atomic E-state index is 12.2. The monoisotopic (exact) mass is 355 g/mol. The molecule has 0 heterocycles. The van der Waals surface area contributed by atoms with Crippen LogP contribution in [0.1, 0.15) is 21.5 Å². The molecule has 2 aromatic carbocycles. The number of nitro benzene ring substituents is 1. The van der Waals surface area contributed by atoms with Gasteiger partial charge in [0.1, 0.15) is 5.75 Å². The molecule has 2 aromatic rings. The van der Waals surface area contributed by atoms with E-state index in [2.05, 4.69) is 4.74 Å². The first-order chi connectivity index (χ1) is 12.4. The Hall–Kier alpha value is -3.48. The van der Waals surface area contributed by atoms with E-state index in [1.54, 1.807) is 43.3 Å². The van der Waals surface area contributed by atoms with Crippen molar-refractivity contribution in [3.8, 4) is 5.75 Å². The lowest BCUT2D eigenvalue weighted by atomic mass is 10.1. The van der Waals surface area contributed by atoms with E-state index in [1.165, 1.54) is 25.3 Å². The summed E-state index contributed by atoms with van der Waals surface area (Å²) in [5, 5.41) is 11.0. The molecule has 0 N–H and O–H groups in total. The summed E-state index contributed by atoms with van der Waals surface area (Å²) in [4.78, 5) is 33.7. The standard InChI is InChI=1S/C19H17NO6/c1-13-3-4-14(11-17(13)20(23)24)5-10-18(21)15-6-8-16(9-7-15)26-12-19(22)25-2/h3-11H,12H2,1-2H3. The van der Waals surface area contributed by atoms with Crippen LogP contribution in [-0.4, -0.2) is 30.4 Å². The number of methoxy groups -OCH3 is 1. The topological polar surface area (TPSA) is 95.7 Å². The second kappa shape index (κ2) is 8.57. The average molecular weight is 355 g/mol. The maximum absolute atomic E-state index is 12.2. The number of carbonyl (C=O) groups is 2. The molecule has 7 nitrogen and oxygen atoms in total. The molecule has 134 valence electrons. The summed E-state index contributed by atoms with van der Waals surface area (Å²) in [6.07, 6.45) is 2.87. The number of rotatable bonds is 7. The SMILES string of the molecule is COC(=O)COc1ccc(C(=O)C=Cc2ccc(C)c([N+](=O)[O-])c2)cc1. The van der Waals surface area contributed by atoms with Crippen LogP contribution in [0.2, 0.25) is 0 Å². The quantitative estimate of drug-likeness (QED) is 0.248. The smallest absolute Gasteiger partial charge is 0.343 e. The fourth-order valence-electron chi connectivity index (χ4n) is 2.11. The molecule has 0 fully saturated rings. The Morgan fingerprint density at radius 3 is 2.46 bits per heavy atom. The summed E-state index contributed by atoms with van der Waals surface area (Å²) in [5.74, 6) is -0.321. The lowest BCUT2D eigenvalue weighted by Crippen LogP contribution is -2.12. The number of nitro groups is 1. The number of aryl methyl sites for hydroxylation is 1. The molecular weight excluding hydrogens is 338 g/mol. The van der Waals surface area contributed by atoms with Crippen molar-refractivity contribution in [1.29, 1.82) is 0 Å². The van der Waals surface area contributed by atoms with Gasteiger partial charge in [-0.25, -0.2) is 4.79 Å². The number of ketones is 1. The molecule has 0 aliphatic heterocycles. The Kier molecular flexibility index (Phi) is 6.21. The number of nitrogens with zero attached hydrogens (tertiary/aromatic N) is 1. The number of allylic oxidation sites excluding steroid dienone is 1. The molecular formula is C19H17NO6. The Balaban J connectivity index is 2.05. The number of esters is 1. The highest BCUT2D eigenvalue weighted by Crippen LogP contribution is 2.20. The van der Waals surface area contributed by atoms with Crippen molar-refractivity contribution in [2.24, 2.45) is 0 Å². The van der Waals surface area contributed by atoms with Gasteiger partial charge in [0.25, 0.3) is 5.69 Å². The number of benzene rings is 2. The number of carbonyl (C=O) groups excluding carboxylic acids is 2. The summed E-state index contributed by atoms with van der Waals surface area (Å²) < 4.78 is 9.67. The van der Waals surface area contributed by atoms with Gasteiger partial charge in [0.05, 0.1) is 12.0 Å². The minimum Gasteiger partial charge on any atom is -0.482 e. The molecule has 0 atom stereocenters. The van der Waals surface area contributed by atoms with Crippen molar-refractivity contribution in [2.75, 3.05) is 13.7 Å². The van der Waals surface area contributed by atoms with Crippen LogP contribution < -0.4 is 4.74 Å². The first kappa shape index (κ1) is 18.9. The van der Waals surface area contributed by atoms with Crippen molar-refractivity contribution >= 4 is 23.5 Å². The summed E-state index contributed by atoms with van der Waals surface area (Å²) >= 11 is 0. The molecule has 0 saturated carbocycles. The van der Waals surface area contributed by atoms with Crippen LogP contribution in [0.5, 0.6) is 5.75 Å². The van der Waals surface area contributed by atoms with Crippen LogP contribution in [0.4, 0.5) is 5.69 Å². The van der Waals surface area contributed by atoms with E-state index in [0.29, 0.717) is 22.4 Å². The molecule has 0 spiro atoms. The first-order valence-electron chi connectivity index (χ1n) is 7.68. The van der Waals surface area contributed by atoms with Crippen molar-refractivity contribution in [3.63, 3.8) is 0 Å². The zero-order valence-corrected chi connectivity index (χ0v) is 14.3. The van der Waals surface area contributed by atoms with Gasteiger partial charge in [-0.1, -0.05) is 18.2 Å². The Bertz CT molecular complexity index is 855. The average Bonchev–Trinajstić information content (AvgIpc) is 2.65. The van der Waals surface area contributed by atoms with Gasteiger partial charge in [0.15, 0.2) is 12.4 Å². The number of ether oxygens (including phenoxy) is 2. The van der Waals surface area contributed by atoms with Crippen molar-refractivity contribution in [1.82, 2.24) is 0 Å². The van der Waals surface area contributed by atoms with Gasteiger partial charge in [-0.15, -0.1) is 0 Å². The predicted molar refractivity (Wildman–Crippen MR) is 95.2 cm³/mol. The third kappa shape index (κ3) is 5.01. The Morgan fingerprint density at radius 2 is 1.85 bits per heavy atom. The lowest BCUT2D eigenvalue weighted by Gasteiger charge is -2.05. The van der Waals surface area contributed by atoms with Gasteiger partial charge >= 0.3 is 5.97 Å². The minimum absolute atomic E-state index is 0.00621.